The van der Waals surface area contributed by atoms with Gasteiger partial charge in [0.1, 0.15) is 11.9 Å². The number of carbonyl (C=O) groups excluding carboxylic acids is 1. The Hall–Kier alpha value is -3.81. The molecule has 0 bridgehead atoms. The average Bonchev–Trinajstić information content (AvgIpc) is 2.78. The van der Waals surface area contributed by atoms with Gasteiger partial charge in [-0.1, -0.05) is 24.3 Å². The van der Waals surface area contributed by atoms with Crippen LogP contribution in [0.25, 0.3) is 11.1 Å². The molecule has 1 amide bonds. The fraction of sp³-hybridized carbons (Fsp3) is 0.259. The van der Waals surface area contributed by atoms with E-state index in [0.717, 1.165) is 34.4 Å². The Bertz CT molecular complexity index is 1180. The molecule has 0 heterocycles. The molecule has 0 radical (unpaired) electrons. The number of aliphatic carboxylic acids is 1. The summed E-state index contributed by atoms with van der Waals surface area (Å²) in [5.74, 6) is -0.709. The van der Waals surface area contributed by atoms with E-state index in [9.17, 15) is 22.8 Å². The summed E-state index contributed by atoms with van der Waals surface area (Å²) in [6.07, 6.45) is -4.85. The topological polar surface area (TPSA) is 75.6 Å². The van der Waals surface area contributed by atoms with E-state index in [1.54, 1.807) is 24.3 Å². The van der Waals surface area contributed by atoms with Crippen LogP contribution in [0.5, 0.6) is 5.75 Å². The van der Waals surface area contributed by atoms with Crippen molar-refractivity contribution in [3.05, 3.63) is 88.5 Å². The second kappa shape index (κ2) is 10.6. The van der Waals surface area contributed by atoms with E-state index >= 15 is 0 Å². The number of carbonyl (C=O) groups is 2. The van der Waals surface area contributed by atoms with Gasteiger partial charge in [0.05, 0.1) is 12.0 Å². The van der Waals surface area contributed by atoms with E-state index in [4.69, 9.17) is 9.84 Å². The van der Waals surface area contributed by atoms with Crippen molar-refractivity contribution in [2.45, 2.75) is 39.5 Å². The molecule has 8 heteroatoms. The smallest absolute Gasteiger partial charge is 0.416 e. The summed E-state index contributed by atoms with van der Waals surface area (Å²) in [7, 11) is 0. The fourth-order valence-corrected chi connectivity index (χ4v) is 3.84. The van der Waals surface area contributed by atoms with Gasteiger partial charge in [0.25, 0.3) is 5.91 Å². The molecular weight excluding hydrogens is 459 g/mol. The molecule has 0 saturated heterocycles. The number of rotatable bonds is 8. The Morgan fingerprint density at radius 3 is 2.06 bits per heavy atom. The second-order valence-electron chi connectivity index (χ2n) is 8.29. The van der Waals surface area contributed by atoms with Crippen LogP contribution in [-0.2, 0) is 11.0 Å². The molecule has 3 aromatic carbocycles. The lowest BCUT2D eigenvalue weighted by Gasteiger charge is -2.19. The lowest BCUT2D eigenvalue weighted by molar-refractivity contribution is -0.138. The Balaban J connectivity index is 1.70. The fourth-order valence-electron chi connectivity index (χ4n) is 3.84. The van der Waals surface area contributed by atoms with Gasteiger partial charge in [-0.05, 0) is 85.0 Å². The molecule has 0 fully saturated rings. The zero-order valence-corrected chi connectivity index (χ0v) is 19.6. The van der Waals surface area contributed by atoms with Crippen LogP contribution < -0.4 is 10.1 Å². The molecule has 1 atom stereocenters. The summed E-state index contributed by atoms with van der Waals surface area (Å²) in [6.45, 7) is 5.69. The van der Waals surface area contributed by atoms with Crippen molar-refractivity contribution in [3.63, 3.8) is 0 Å². The van der Waals surface area contributed by atoms with Crippen molar-refractivity contribution >= 4 is 11.9 Å². The van der Waals surface area contributed by atoms with E-state index < -0.39 is 17.7 Å². The molecule has 0 aliphatic heterocycles. The minimum atomic E-state index is -4.38. The van der Waals surface area contributed by atoms with Gasteiger partial charge in [-0.2, -0.15) is 13.2 Å². The minimum Gasteiger partial charge on any atom is -0.486 e. The van der Waals surface area contributed by atoms with Crippen molar-refractivity contribution in [2.75, 3.05) is 6.54 Å². The normalized spacial score (nSPS) is 12.2. The van der Waals surface area contributed by atoms with Crippen molar-refractivity contribution in [2.24, 2.45) is 0 Å². The number of carboxylic acid groups (broad SMARTS) is 1. The quantitative estimate of drug-likeness (QED) is 0.391. The molecule has 0 spiro atoms. The highest BCUT2D eigenvalue weighted by Crippen LogP contribution is 2.35. The monoisotopic (exact) mass is 485 g/mol. The standard InChI is InChI=1S/C27H26F3NO4/c1-16-14-23(15-17(2)25(16)20-8-10-22(11-9-20)27(28,29)30)35-18(3)19-4-6-21(7-5-19)26(34)31-13-12-24(32)33/h4-11,14-15,18H,12-13H2,1-3H3,(H,31,34)(H,32,33). The molecule has 2 N–H and O–H groups in total. The summed E-state index contributed by atoms with van der Waals surface area (Å²) < 4.78 is 44.7. The number of hydrogen-bond donors (Lipinski definition) is 2. The van der Waals surface area contributed by atoms with Crippen molar-refractivity contribution in [1.29, 1.82) is 0 Å². The first-order chi connectivity index (χ1) is 16.5. The highest BCUT2D eigenvalue weighted by molar-refractivity contribution is 5.94. The van der Waals surface area contributed by atoms with Gasteiger partial charge in [-0.3, -0.25) is 9.59 Å². The largest absolute Gasteiger partial charge is 0.486 e. The highest BCUT2D eigenvalue weighted by atomic mass is 19.4. The minimum absolute atomic E-state index is 0.0522. The molecule has 3 aromatic rings. The van der Waals surface area contributed by atoms with Crippen LogP contribution in [-0.4, -0.2) is 23.5 Å². The van der Waals surface area contributed by atoms with Crippen molar-refractivity contribution in [3.8, 4) is 16.9 Å². The first-order valence-electron chi connectivity index (χ1n) is 11.0. The van der Waals surface area contributed by atoms with E-state index in [-0.39, 0.29) is 25.0 Å². The molecule has 0 aromatic heterocycles. The molecule has 0 aliphatic rings. The molecule has 0 saturated carbocycles. The molecule has 3 rings (SSSR count). The van der Waals surface area contributed by atoms with E-state index in [2.05, 4.69) is 5.32 Å². The third-order valence-corrected chi connectivity index (χ3v) is 5.59. The van der Waals surface area contributed by atoms with Crippen LogP contribution in [0.2, 0.25) is 0 Å². The molecule has 0 aliphatic carbocycles. The van der Waals surface area contributed by atoms with Crippen LogP contribution in [0.15, 0.2) is 60.7 Å². The van der Waals surface area contributed by atoms with Crippen LogP contribution >= 0.6 is 0 Å². The average molecular weight is 486 g/mol. The maximum absolute atomic E-state index is 12.9. The maximum Gasteiger partial charge on any atom is 0.416 e. The molecular formula is C27H26F3NO4. The van der Waals surface area contributed by atoms with Gasteiger partial charge in [0, 0.05) is 12.1 Å². The number of aryl methyl sites for hydroxylation is 2. The summed E-state index contributed by atoms with van der Waals surface area (Å²) in [6, 6.07) is 15.6. The van der Waals surface area contributed by atoms with Crippen molar-refractivity contribution in [1.82, 2.24) is 5.32 Å². The zero-order chi connectivity index (χ0) is 25.8. The van der Waals surface area contributed by atoms with E-state index in [0.29, 0.717) is 16.9 Å². The maximum atomic E-state index is 12.9. The van der Waals surface area contributed by atoms with Crippen molar-refractivity contribution < 1.29 is 32.6 Å². The van der Waals surface area contributed by atoms with Gasteiger partial charge in [-0.15, -0.1) is 0 Å². The highest BCUT2D eigenvalue weighted by Gasteiger charge is 2.30. The van der Waals surface area contributed by atoms with Crippen LogP contribution in [0.3, 0.4) is 0 Å². The molecule has 35 heavy (non-hydrogen) atoms. The third kappa shape index (κ3) is 6.62. The van der Waals surface area contributed by atoms with Gasteiger partial charge in [0.2, 0.25) is 0 Å². The van der Waals surface area contributed by atoms with Crippen LogP contribution in [0.1, 0.15) is 52.1 Å². The van der Waals surface area contributed by atoms with Gasteiger partial charge < -0.3 is 15.2 Å². The second-order valence-corrected chi connectivity index (χ2v) is 8.29. The number of alkyl halides is 3. The molecule has 5 nitrogen and oxygen atoms in total. The first kappa shape index (κ1) is 25.8. The van der Waals surface area contributed by atoms with Crippen LogP contribution in [0, 0.1) is 13.8 Å². The Labute approximate surface area is 201 Å². The number of hydrogen-bond acceptors (Lipinski definition) is 3. The van der Waals surface area contributed by atoms with Gasteiger partial charge in [-0.25, -0.2) is 0 Å². The predicted molar refractivity (Wildman–Crippen MR) is 126 cm³/mol. The lowest BCUT2D eigenvalue weighted by Crippen LogP contribution is -2.25. The number of nitrogens with one attached hydrogen (secondary N) is 1. The Morgan fingerprint density at radius 2 is 1.54 bits per heavy atom. The Morgan fingerprint density at radius 1 is 0.971 bits per heavy atom. The Kier molecular flexibility index (Phi) is 7.84. The van der Waals surface area contributed by atoms with Gasteiger partial charge in [0.15, 0.2) is 0 Å². The number of ether oxygens (including phenoxy) is 1. The summed E-state index contributed by atoms with van der Waals surface area (Å²) >= 11 is 0. The molecule has 184 valence electrons. The summed E-state index contributed by atoms with van der Waals surface area (Å²) in [5.41, 5.74) is 3.88. The van der Waals surface area contributed by atoms with E-state index in [1.165, 1.54) is 12.1 Å². The first-order valence-corrected chi connectivity index (χ1v) is 11.0. The summed E-state index contributed by atoms with van der Waals surface area (Å²) in [4.78, 5) is 22.7. The number of halogens is 3. The number of amides is 1. The zero-order valence-electron chi connectivity index (χ0n) is 19.6. The SMILES string of the molecule is Cc1cc(OC(C)c2ccc(C(=O)NCCC(=O)O)cc2)cc(C)c1-c1ccc(C(F)(F)F)cc1. The number of carboxylic acids is 1. The lowest BCUT2D eigenvalue weighted by atomic mass is 9.94. The number of benzene rings is 3. The predicted octanol–water partition coefficient (Wildman–Crippen LogP) is 6.33. The summed E-state index contributed by atoms with van der Waals surface area (Å²) in [5, 5.41) is 11.2. The van der Waals surface area contributed by atoms with E-state index in [1.807, 2.05) is 32.9 Å². The van der Waals surface area contributed by atoms with Gasteiger partial charge >= 0.3 is 12.1 Å². The third-order valence-electron chi connectivity index (χ3n) is 5.59. The molecule has 1 unspecified atom stereocenters. The van der Waals surface area contributed by atoms with Crippen LogP contribution in [0.4, 0.5) is 13.2 Å².